The van der Waals surface area contributed by atoms with Gasteiger partial charge in [0.05, 0.1) is 11.2 Å². The highest BCUT2D eigenvalue weighted by atomic mass is 32.2. The Morgan fingerprint density at radius 1 is 0.923 bits per heavy atom. The average Bonchev–Trinajstić information content (AvgIpc) is 3.71. The number of anilines is 1. The van der Waals surface area contributed by atoms with Gasteiger partial charge in [-0.15, -0.1) is 0 Å². The Morgan fingerprint density at radius 2 is 1.59 bits per heavy atom. The van der Waals surface area contributed by atoms with Gasteiger partial charge in [-0.2, -0.15) is 0 Å². The Labute approximate surface area is 240 Å². The van der Waals surface area contributed by atoms with E-state index in [4.69, 9.17) is 4.74 Å². The first-order valence-electron chi connectivity index (χ1n) is 14.2. The molecule has 0 aliphatic carbocycles. The number of rotatable bonds is 9. The number of nitrogens with one attached hydrogen (secondary N) is 2. The van der Waals surface area contributed by atoms with Crippen LogP contribution >= 0.6 is 12.1 Å². The summed E-state index contributed by atoms with van der Waals surface area (Å²) in [6.07, 6.45) is 9.03. The van der Waals surface area contributed by atoms with Gasteiger partial charge in [-0.25, -0.2) is 4.31 Å². The quantitative estimate of drug-likeness (QED) is 0.244. The van der Waals surface area contributed by atoms with Gasteiger partial charge in [-0.1, -0.05) is 44.2 Å². The van der Waals surface area contributed by atoms with E-state index in [-0.39, 0.29) is 6.61 Å². The van der Waals surface area contributed by atoms with E-state index in [1.54, 1.807) is 18.3 Å². The number of hydrogen-bond acceptors (Lipinski definition) is 8. The third-order valence-corrected chi connectivity index (χ3v) is 7.08. The molecule has 0 saturated carbocycles. The van der Waals surface area contributed by atoms with Crippen molar-refractivity contribution in [3.63, 3.8) is 0 Å². The molecular weight excluding hydrogens is 506 g/mol. The third kappa shape index (κ3) is 12.0. The number of carbonyl (C=O) groups is 1. The van der Waals surface area contributed by atoms with Crippen molar-refractivity contribution in [2.75, 3.05) is 58.1 Å². The van der Waals surface area contributed by atoms with E-state index in [0.717, 1.165) is 36.0 Å². The number of fused-ring (bicyclic) bond motifs is 1. The van der Waals surface area contributed by atoms with Crippen molar-refractivity contribution in [1.82, 2.24) is 19.5 Å². The predicted molar refractivity (Wildman–Crippen MR) is 167 cm³/mol. The second kappa shape index (κ2) is 20.3. The first kappa shape index (κ1) is 32.6. The van der Waals surface area contributed by atoms with Gasteiger partial charge in [0.25, 0.3) is 0 Å². The summed E-state index contributed by atoms with van der Waals surface area (Å²) >= 11 is 1.62. The summed E-state index contributed by atoms with van der Waals surface area (Å²) in [6, 6.07) is 18.4. The molecular formula is C31H47N5O2S. The highest BCUT2D eigenvalue weighted by Gasteiger charge is 2.14. The summed E-state index contributed by atoms with van der Waals surface area (Å²) in [5.74, 6) is 0.682. The number of benzene rings is 2. The predicted octanol–water partition coefficient (Wildman–Crippen LogP) is 6.07. The molecule has 2 aliphatic heterocycles. The van der Waals surface area contributed by atoms with Crippen molar-refractivity contribution < 1.29 is 9.53 Å². The Hall–Kier alpha value is -2.65. The smallest absolute Gasteiger partial charge is 0.157 e. The zero-order chi connectivity index (χ0) is 28.1. The number of aromatic nitrogens is 1. The van der Waals surface area contributed by atoms with E-state index < -0.39 is 0 Å². The fraction of sp³-hybridized carbons (Fsp3) is 0.484. The van der Waals surface area contributed by atoms with E-state index in [1.165, 1.54) is 57.3 Å². The van der Waals surface area contributed by atoms with Gasteiger partial charge in [-0.3, -0.25) is 9.78 Å². The van der Waals surface area contributed by atoms with Crippen LogP contribution in [0.1, 0.15) is 45.1 Å². The maximum atomic E-state index is 10.5. The van der Waals surface area contributed by atoms with Gasteiger partial charge in [0, 0.05) is 43.4 Å². The van der Waals surface area contributed by atoms with Crippen LogP contribution in [0.25, 0.3) is 10.9 Å². The minimum atomic E-state index is 0.0549. The monoisotopic (exact) mass is 553 g/mol. The van der Waals surface area contributed by atoms with Gasteiger partial charge >= 0.3 is 0 Å². The van der Waals surface area contributed by atoms with Crippen molar-refractivity contribution in [3.05, 3.63) is 66.4 Å². The molecule has 3 heterocycles. The number of likely N-dealkylation sites (tertiary alicyclic amines) is 1. The summed E-state index contributed by atoms with van der Waals surface area (Å²) in [7, 11) is 3.75. The summed E-state index contributed by atoms with van der Waals surface area (Å²) in [6.45, 7) is 10.1. The molecule has 2 saturated heterocycles. The molecule has 0 atom stereocenters. The van der Waals surface area contributed by atoms with Crippen LogP contribution in [0.15, 0.2) is 60.8 Å². The second-order valence-electron chi connectivity index (χ2n) is 9.10. The van der Waals surface area contributed by atoms with E-state index in [2.05, 4.69) is 54.6 Å². The third-order valence-electron chi connectivity index (χ3n) is 6.14. The van der Waals surface area contributed by atoms with E-state index >= 15 is 0 Å². The van der Waals surface area contributed by atoms with Crippen molar-refractivity contribution in [1.29, 1.82) is 0 Å². The lowest BCUT2D eigenvalue weighted by atomic mass is 10.1. The minimum Gasteiger partial charge on any atom is -0.485 e. The molecule has 2 aliphatic rings. The molecule has 214 valence electrons. The van der Waals surface area contributed by atoms with Crippen LogP contribution in [-0.4, -0.2) is 73.9 Å². The van der Waals surface area contributed by atoms with Crippen molar-refractivity contribution in [3.8, 4) is 5.75 Å². The van der Waals surface area contributed by atoms with E-state index in [0.29, 0.717) is 5.75 Å². The Morgan fingerprint density at radius 3 is 2.26 bits per heavy atom. The first-order chi connectivity index (χ1) is 19.2. The Kier molecular flexibility index (Phi) is 16.9. The molecule has 0 unspecified atom stereocenters. The molecule has 3 aromatic rings. The van der Waals surface area contributed by atoms with Crippen LogP contribution in [0, 0.1) is 0 Å². The highest BCUT2D eigenvalue weighted by molar-refractivity contribution is 7.98. The standard InChI is InChI=1S/C15H17N3O2S.C12H17N.C2H7N.C2H6/c19-10-11-20-14-6-5-13(15-12(14)4-3-7-16-15)17-21-18-8-1-2-9-18;1-2-6-12(7-3-1)8-11-13-9-4-5-10-13;1-3-2;1-2/h3-7,10,17H,1-2,8-9,11H2;1-3,6-7H,4-5,8-11H2;3H,1-2H3;1-2H3. The lowest BCUT2D eigenvalue weighted by molar-refractivity contribution is -0.109. The summed E-state index contributed by atoms with van der Waals surface area (Å²) < 4.78 is 11.1. The van der Waals surface area contributed by atoms with Gasteiger partial charge in [0.1, 0.15) is 12.4 Å². The molecule has 5 rings (SSSR count). The molecule has 1 aromatic heterocycles. The topological polar surface area (TPSA) is 69.7 Å². The SMILES string of the molecule is CC.CNC.O=CCOc1ccc(NSN2CCCC2)c2ncccc12.c1ccc(CCN2CCCC2)cc1. The Bertz CT molecular complexity index is 1040. The lowest BCUT2D eigenvalue weighted by Gasteiger charge is -2.16. The average molecular weight is 554 g/mol. The van der Waals surface area contributed by atoms with Crippen LogP contribution in [0.5, 0.6) is 5.75 Å². The lowest BCUT2D eigenvalue weighted by Crippen LogP contribution is -2.21. The zero-order valence-corrected chi connectivity index (χ0v) is 25.0. The van der Waals surface area contributed by atoms with Gasteiger partial charge in [-0.05, 0) is 89.1 Å². The molecule has 8 heteroatoms. The maximum absolute atomic E-state index is 10.5. The Balaban J connectivity index is 0.000000253. The molecule has 0 radical (unpaired) electrons. The fourth-order valence-corrected chi connectivity index (χ4v) is 5.14. The van der Waals surface area contributed by atoms with Crippen molar-refractivity contribution in [2.45, 2.75) is 46.0 Å². The van der Waals surface area contributed by atoms with Gasteiger partial charge in [0.15, 0.2) is 6.29 Å². The largest absolute Gasteiger partial charge is 0.485 e. The van der Waals surface area contributed by atoms with Crippen molar-refractivity contribution >= 4 is 35.0 Å². The summed E-state index contributed by atoms with van der Waals surface area (Å²) in [5.41, 5.74) is 3.28. The molecule has 0 bridgehead atoms. The number of ether oxygens (including phenoxy) is 1. The molecule has 0 amide bonds. The van der Waals surface area contributed by atoms with Crippen LogP contribution in [0.3, 0.4) is 0 Å². The van der Waals surface area contributed by atoms with Crippen LogP contribution < -0.4 is 14.8 Å². The molecule has 7 nitrogen and oxygen atoms in total. The second-order valence-corrected chi connectivity index (χ2v) is 10.0. The molecule has 0 spiro atoms. The van der Waals surface area contributed by atoms with Crippen molar-refractivity contribution in [2.24, 2.45) is 0 Å². The molecule has 2 fully saturated rings. The van der Waals surface area contributed by atoms with Crippen LogP contribution in [-0.2, 0) is 11.2 Å². The maximum Gasteiger partial charge on any atom is 0.157 e. The van der Waals surface area contributed by atoms with Crippen LogP contribution in [0.4, 0.5) is 5.69 Å². The number of hydrogen-bond donors (Lipinski definition) is 2. The van der Waals surface area contributed by atoms with Crippen LogP contribution in [0.2, 0.25) is 0 Å². The van der Waals surface area contributed by atoms with E-state index in [1.807, 2.05) is 52.2 Å². The highest BCUT2D eigenvalue weighted by Crippen LogP contribution is 2.32. The normalized spacial score (nSPS) is 14.8. The van der Waals surface area contributed by atoms with Gasteiger partial charge < -0.3 is 19.7 Å². The number of nitrogens with zero attached hydrogens (tertiary/aromatic N) is 3. The van der Waals surface area contributed by atoms with E-state index in [9.17, 15) is 4.79 Å². The number of carbonyl (C=O) groups excluding carboxylic acids is 1. The summed E-state index contributed by atoms with van der Waals surface area (Å²) in [5, 5.41) is 3.66. The molecule has 2 N–H and O–H groups in total. The molecule has 39 heavy (non-hydrogen) atoms. The minimum absolute atomic E-state index is 0.0549. The fourth-order valence-electron chi connectivity index (χ4n) is 4.31. The molecule has 2 aromatic carbocycles. The zero-order valence-electron chi connectivity index (χ0n) is 24.2. The number of pyridine rings is 1. The summed E-state index contributed by atoms with van der Waals surface area (Å²) in [4.78, 5) is 17.5. The van der Waals surface area contributed by atoms with Gasteiger partial charge in [0.2, 0.25) is 0 Å². The number of aldehydes is 1. The first-order valence-corrected chi connectivity index (χ1v) is 15.0.